The fraction of sp³-hybridized carbons (Fsp3) is 0.111. The summed E-state index contributed by atoms with van der Waals surface area (Å²) in [7, 11) is -8.15. The number of pyridine rings is 2. The summed E-state index contributed by atoms with van der Waals surface area (Å²) in [6.07, 6.45) is 7.65. The monoisotopic (exact) mass is 652 g/mol. The van der Waals surface area contributed by atoms with Crippen LogP contribution in [0.3, 0.4) is 0 Å². The fourth-order valence-corrected chi connectivity index (χ4v) is 6.89. The molecule has 232 valence electrons. The van der Waals surface area contributed by atoms with Gasteiger partial charge in [0.05, 0.1) is 12.3 Å². The third-order valence-electron chi connectivity index (χ3n) is 7.84. The first-order valence-corrected chi connectivity index (χ1v) is 18.3. The van der Waals surface area contributed by atoms with Crippen LogP contribution >= 0.6 is 15.2 Å². The Hall–Kier alpha value is -4.26. The molecule has 0 bridgehead atoms. The maximum absolute atomic E-state index is 11.2. The molecule has 0 aliphatic rings. The van der Waals surface area contributed by atoms with Gasteiger partial charge in [-0.15, -0.1) is 0 Å². The largest absolute Gasteiger partial charge is 0.329 e. The van der Waals surface area contributed by atoms with Crippen LogP contribution < -0.4 is 9.13 Å². The molecule has 6 rings (SSSR count). The molecule has 4 N–H and O–H groups in total. The van der Waals surface area contributed by atoms with Crippen LogP contribution in [-0.4, -0.2) is 19.6 Å². The molecule has 6 aromatic rings. The zero-order valence-corrected chi connectivity index (χ0v) is 26.7. The van der Waals surface area contributed by atoms with Crippen molar-refractivity contribution in [1.29, 1.82) is 0 Å². The second kappa shape index (κ2) is 13.2. The van der Waals surface area contributed by atoms with Crippen molar-refractivity contribution in [3.05, 3.63) is 156 Å². The Kier molecular flexibility index (Phi) is 9.12. The van der Waals surface area contributed by atoms with E-state index >= 15 is 0 Å². The summed E-state index contributed by atoms with van der Waals surface area (Å²) in [5, 5.41) is 2.31. The number of benzene rings is 4. The Labute approximate surface area is 267 Å². The van der Waals surface area contributed by atoms with Crippen molar-refractivity contribution in [2.24, 2.45) is 0 Å². The molecule has 0 atom stereocenters. The molecule has 0 radical (unpaired) electrons. The van der Waals surface area contributed by atoms with Crippen molar-refractivity contribution in [1.82, 2.24) is 0 Å². The lowest BCUT2D eigenvalue weighted by Gasteiger charge is -2.07. The summed E-state index contributed by atoms with van der Waals surface area (Å²) < 4.78 is 26.6. The predicted octanol–water partition coefficient (Wildman–Crippen LogP) is 6.20. The minimum Gasteiger partial charge on any atom is -0.324 e. The Bertz CT molecular complexity index is 1920. The summed E-state index contributed by atoms with van der Waals surface area (Å²) in [6, 6.07) is 36.0. The van der Waals surface area contributed by atoms with Crippen LogP contribution in [0.2, 0.25) is 0 Å². The van der Waals surface area contributed by atoms with Crippen LogP contribution in [0.5, 0.6) is 0 Å². The van der Waals surface area contributed by atoms with Crippen molar-refractivity contribution in [2.45, 2.75) is 25.4 Å². The molecule has 2 heterocycles. The van der Waals surface area contributed by atoms with Crippen molar-refractivity contribution in [3.63, 3.8) is 0 Å². The molecule has 0 saturated carbocycles. The number of fused-ring (bicyclic) bond motifs is 1. The van der Waals surface area contributed by atoms with Gasteiger partial charge in [-0.05, 0) is 56.3 Å². The molecule has 0 aliphatic heterocycles. The fourth-order valence-electron chi connectivity index (χ4n) is 5.51. The number of hydrogen-bond acceptors (Lipinski definition) is 2. The van der Waals surface area contributed by atoms with Crippen molar-refractivity contribution in [3.8, 4) is 22.3 Å². The van der Waals surface area contributed by atoms with Gasteiger partial charge in [-0.2, -0.15) is 0 Å². The molecule has 0 fully saturated rings. The molecule has 0 saturated heterocycles. The summed E-state index contributed by atoms with van der Waals surface area (Å²) in [6.45, 7) is 1.32. The Morgan fingerprint density at radius 3 is 1.07 bits per heavy atom. The lowest BCUT2D eigenvalue weighted by molar-refractivity contribution is -0.688. The Balaban J connectivity index is 1.10. The minimum absolute atomic E-state index is 0.250. The van der Waals surface area contributed by atoms with E-state index in [2.05, 4.69) is 69.8 Å². The summed E-state index contributed by atoms with van der Waals surface area (Å²) in [4.78, 5) is 36.7. The van der Waals surface area contributed by atoms with Gasteiger partial charge in [-0.3, -0.25) is 9.13 Å². The van der Waals surface area contributed by atoms with Crippen molar-refractivity contribution in [2.75, 3.05) is 0 Å². The van der Waals surface area contributed by atoms with Gasteiger partial charge in [0, 0.05) is 35.4 Å². The highest BCUT2D eigenvalue weighted by Gasteiger charge is 2.15. The van der Waals surface area contributed by atoms with Crippen molar-refractivity contribution >= 4 is 26.0 Å². The third kappa shape index (κ3) is 8.51. The molecule has 2 aromatic heterocycles. The zero-order chi connectivity index (χ0) is 32.3. The van der Waals surface area contributed by atoms with E-state index in [-0.39, 0.29) is 12.3 Å². The lowest BCUT2D eigenvalue weighted by Crippen LogP contribution is -2.33. The maximum Gasteiger partial charge on any atom is 0.329 e. The first-order chi connectivity index (χ1) is 22.0. The van der Waals surface area contributed by atoms with E-state index in [0.717, 1.165) is 44.2 Å². The molecular formula is C36H34N2O6P2+2. The van der Waals surface area contributed by atoms with Crippen LogP contribution in [0.1, 0.15) is 22.3 Å². The van der Waals surface area contributed by atoms with E-state index in [9.17, 15) is 28.7 Å². The van der Waals surface area contributed by atoms with Gasteiger partial charge in [0.1, 0.15) is 0 Å². The second-order valence-corrected chi connectivity index (χ2v) is 14.9. The van der Waals surface area contributed by atoms with Crippen LogP contribution in [-0.2, 0) is 34.5 Å². The molecular weight excluding hydrogens is 618 g/mol. The van der Waals surface area contributed by atoms with Crippen LogP contribution in [0.4, 0.5) is 0 Å². The van der Waals surface area contributed by atoms with E-state index < -0.39 is 15.2 Å². The van der Waals surface area contributed by atoms with Crippen LogP contribution in [0, 0.1) is 0 Å². The maximum atomic E-state index is 11.2. The number of aromatic nitrogens is 2. The van der Waals surface area contributed by atoms with Crippen LogP contribution in [0.25, 0.3) is 33.0 Å². The standard InChI is InChI=1S/C36H32N2O6P2/c39-45(40,41)25-29-5-1-27(2-6-29)23-37-17-13-31(14-18-37)33-9-11-36-22-34(10-12-35(36)21-33)32-15-19-38(20-16-32)24-28-3-7-30(8-4-28)26-46(42,43)44/h1-22H,23-26H2,(H2-2,39,40,41,42,43,44)/p+2. The van der Waals surface area contributed by atoms with E-state index in [1.54, 1.807) is 24.3 Å². The Morgan fingerprint density at radius 1 is 0.413 bits per heavy atom. The van der Waals surface area contributed by atoms with E-state index in [1.807, 2.05) is 49.1 Å². The van der Waals surface area contributed by atoms with Gasteiger partial charge in [-0.1, -0.05) is 72.8 Å². The van der Waals surface area contributed by atoms with Crippen molar-refractivity contribution < 1.29 is 37.8 Å². The first kappa shape index (κ1) is 31.7. The van der Waals surface area contributed by atoms with Gasteiger partial charge in [0.2, 0.25) is 0 Å². The van der Waals surface area contributed by atoms with E-state index in [4.69, 9.17) is 0 Å². The smallest absolute Gasteiger partial charge is 0.324 e. The predicted molar refractivity (Wildman–Crippen MR) is 178 cm³/mol. The molecule has 4 aromatic carbocycles. The normalized spacial score (nSPS) is 12.0. The van der Waals surface area contributed by atoms with Gasteiger partial charge >= 0.3 is 15.2 Å². The summed E-state index contributed by atoms with van der Waals surface area (Å²) in [5.41, 5.74) is 7.84. The highest BCUT2D eigenvalue weighted by molar-refractivity contribution is 7.51. The highest BCUT2D eigenvalue weighted by Crippen LogP contribution is 2.39. The summed E-state index contributed by atoms with van der Waals surface area (Å²) >= 11 is 0. The van der Waals surface area contributed by atoms with E-state index in [0.29, 0.717) is 24.2 Å². The SMILES string of the molecule is O=P(O)(O)Cc1ccc(C[n+]2ccc(-c3ccc4cc(-c5cc[n+](Cc6ccc(CP(=O)(O)O)cc6)cc5)ccc4c3)cc2)cc1. The zero-order valence-electron chi connectivity index (χ0n) is 24.9. The number of nitrogens with zero attached hydrogens (tertiary/aromatic N) is 2. The molecule has 46 heavy (non-hydrogen) atoms. The molecule has 0 aliphatic carbocycles. The minimum atomic E-state index is -4.07. The molecule has 0 amide bonds. The second-order valence-electron chi connectivity index (χ2n) is 11.6. The molecule has 10 heteroatoms. The quantitative estimate of drug-likeness (QED) is 0.103. The average Bonchev–Trinajstić information content (AvgIpc) is 3.02. The first-order valence-electron chi connectivity index (χ1n) is 14.7. The summed E-state index contributed by atoms with van der Waals surface area (Å²) in [5.74, 6) is 0. The average molecular weight is 653 g/mol. The lowest BCUT2D eigenvalue weighted by atomic mass is 9.98. The van der Waals surface area contributed by atoms with Gasteiger partial charge in [0.15, 0.2) is 37.9 Å². The van der Waals surface area contributed by atoms with Gasteiger partial charge in [0.25, 0.3) is 0 Å². The topological polar surface area (TPSA) is 123 Å². The molecule has 0 spiro atoms. The van der Waals surface area contributed by atoms with Gasteiger partial charge in [-0.25, -0.2) is 9.13 Å². The molecule has 8 nitrogen and oxygen atoms in total. The van der Waals surface area contributed by atoms with E-state index in [1.165, 1.54) is 0 Å². The number of hydrogen-bond donors (Lipinski definition) is 4. The van der Waals surface area contributed by atoms with Crippen LogP contribution in [0.15, 0.2) is 134 Å². The Morgan fingerprint density at radius 2 is 0.739 bits per heavy atom. The highest BCUT2D eigenvalue weighted by atomic mass is 31.2. The number of rotatable bonds is 10. The van der Waals surface area contributed by atoms with Gasteiger partial charge < -0.3 is 19.6 Å². The third-order valence-corrected chi connectivity index (χ3v) is 9.40. The molecule has 0 unspecified atom stereocenters.